The molecule has 5 nitrogen and oxygen atoms in total. The molecule has 0 unspecified atom stereocenters. The molecule has 0 fully saturated rings. The Labute approximate surface area is 192 Å². The number of amides is 1. The van der Waals surface area contributed by atoms with Crippen LogP contribution in [0.15, 0.2) is 94.3 Å². The SMILES string of the molecule is C[C@H](NC(=O)CN(CCc1ccccc1)S(=O)(=O)c1ccccc1)c1ccc(Br)cc1. The van der Waals surface area contributed by atoms with Gasteiger partial charge in [-0.1, -0.05) is 76.6 Å². The second kappa shape index (κ2) is 10.7. The molecular weight excluding hydrogens is 476 g/mol. The maximum Gasteiger partial charge on any atom is 0.243 e. The van der Waals surface area contributed by atoms with Crippen molar-refractivity contribution < 1.29 is 13.2 Å². The van der Waals surface area contributed by atoms with E-state index in [1.165, 1.54) is 4.31 Å². The molecule has 3 aromatic rings. The van der Waals surface area contributed by atoms with Gasteiger partial charge in [0.1, 0.15) is 0 Å². The number of hydrogen-bond acceptors (Lipinski definition) is 3. The van der Waals surface area contributed by atoms with Crippen LogP contribution in [0.2, 0.25) is 0 Å². The molecule has 0 aliphatic heterocycles. The lowest BCUT2D eigenvalue weighted by atomic mass is 10.1. The third-order valence-corrected chi connectivity index (χ3v) is 7.33. The van der Waals surface area contributed by atoms with E-state index in [9.17, 15) is 13.2 Å². The number of rotatable bonds is 9. The number of nitrogens with one attached hydrogen (secondary N) is 1. The van der Waals surface area contributed by atoms with E-state index in [0.717, 1.165) is 15.6 Å². The molecule has 0 radical (unpaired) electrons. The molecule has 0 saturated carbocycles. The van der Waals surface area contributed by atoms with Crippen molar-refractivity contribution in [3.05, 3.63) is 101 Å². The first-order chi connectivity index (χ1) is 14.9. The molecular formula is C24H25BrN2O3S. The molecule has 162 valence electrons. The van der Waals surface area contributed by atoms with Gasteiger partial charge < -0.3 is 5.32 Å². The zero-order valence-corrected chi connectivity index (χ0v) is 19.6. The van der Waals surface area contributed by atoms with Gasteiger partial charge in [0.25, 0.3) is 0 Å². The number of halogens is 1. The molecule has 1 N–H and O–H groups in total. The van der Waals surface area contributed by atoms with E-state index < -0.39 is 10.0 Å². The van der Waals surface area contributed by atoms with Crippen molar-refractivity contribution in [3.63, 3.8) is 0 Å². The van der Waals surface area contributed by atoms with Crippen LogP contribution >= 0.6 is 15.9 Å². The van der Waals surface area contributed by atoms with Crippen molar-refractivity contribution in [1.29, 1.82) is 0 Å². The Balaban J connectivity index is 1.75. The van der Waals surface area contributed by atoms with Crippen LogP contribution in [0.4, 0.5) is 0 Å². The van der Waals surface area contributed by atoms with Crippen LogP contribution in [0, 0.1) is 0 Å². The van der Waals surface area contributed by atoms with Crippen LogP contribution < -0.4 is 5.32 Å². The van der Waals surface area contributed by atoms with Crippen LogP contribution in [-0.4, -0.2) is 31.7 Å². The fourth-order valence-electron chi connectivity index (χ4n) is 3.21. The Morgan fingerprint density at radius 3 is 2.13 bits per heavy atom. The van der Waals surface area contributed by atoms with E-state index in [1.807, 2.05) is 61.5 Å². The van der Waals surface area contributed by atoms with Gasteiger partial charge in [0.2, 0.25) is 15.9 Å². The molecule has 0 saturated heterocycles. The van der Waals surface area contributed by atoms with E-state index in [2.05, 4.69) is 21.2 Å². The first-order valence-electron chi connectivity index (χ1n) is 10.0. The lowest BCUT2D eigenvalue weighted by molar-refractivity contribution is -0.121. The van der Waals surface area contributed by atoms with Crippen LogP contribution in [-0.2, 0) is 21.2 Å². The van der Waals surface area contributed by atoms with E-state index in [1.54, 1.807) is 30.3 Å². The topological polar surface area (TPSA) is 66.5 Å². The molecule has 31 heavy (non-hydrogen) atoms. The summed E-state index contributed by atoms with van der Waals surface area (Å²) in [6.45, 7) is 1.84. The second-order valence-electron chi connectivity index (χ2n) is 7.23. The number of carbonyl (C=O) groups is 1. The molecule has 1 atom stereocenters. The van der Waals surface area contributed by atoms with Crippen LogP contribution in [0.3, 0.4) is 0 Å². The highest BCUT2D eigenvalue weighted by molar-refractivity contribution is 9.10. The quantitative estimate of drug-likeness (QED) is 0.468. The number of hydrogen-bond donors (Lipinski definition) is 1. The standard InChI is InChI=1S/C24H25BrN2O3S/c1-19(21-12-14-22(25)15-13-21)26-24(28)18-27(17-16-20-8-4-2-5-9-20)31(29,30)23-10-6-3-7-11-23/h2-15,19H,16-18H2,1H3,(H,26,28)/t19-/m0/s1. The second-order valence-corrected chi connectivity index (χ2v) is 10.1. The summed E-state index contributed by atoms with van der Waals surface area (Å²) in [4.78, 5) is 12.9. The van der Waals surface area contributed by atoms with Crippen molar-refractivity contribution >= 4 is 31.9 Å². The van der Waals surface area contributed by atoms with Crippen molar-refractivity contribution in [2.75, 3.05) is 13.1 Å². The zero-order valence-electron chi connectivity index (χ0n) is 17.2. The van der Waals surface area contributed by atoms with E-state index in [4.69, 9.17) is 0 Å². The number of benzene rings is 3. The molecule has 0 heterocycles. The summed E-state index contributed by atoms with van der Waals surface area (Å²) in [5.74, 6) is -0.344. The predicted molar refractivity (Wildman–Crippen MR) is 126 cm³/mol. The lowest BCUT2D eigenvalue weighted by Crippen LogP contribution is -2.42. The Bertz CT molecular complexity index is 1090. The van der Waals surface area contributed by atoms with E-state index in [0.29, 0.717) is 6.42 Å². The number of carbonyl (C=O) groups excluding carboxylic acids is 1. The average molecular weight is 501 g/mol. The van der Waals surface area contributed by atoms with Crippen LogP contribution in [0.1, 0.15) is 24.1 Å². The van der Waals surface area contributed by atoms with E-state index >= 15 is 0 Å². The van der Waals surface area contributed by atoms with E-state index in [-0.39, 0.29) is 29.9 Å². The molecule has 3 aromatic carbocycles. The molecule has 0 aliphatic carbocycles. The molecule has 7 heteroatoms. The molecule has 0 aromatic heterocycles. The smallest absolute Gasteiger partial charge is 0.243 e. The number of nitrogens with zero attached hydrogens (tertiary/aromatic N) is 1. The first-order valence-corrected chi connectivity index (χ1v) is 12.2. The van der Waals surface area contributed by atoms with Gasteiger partial charge >= 0.3 is 0 Å². The van der Waals surface area contributed by atoms with Crippen molar-refractivity contribution in [2.24, 2.45) is 0 Å². The van der Waals surface area contributed by atoms with Gasteiger partial charge in [-0.25, -0.2) is 8.42 Å². The maximum absolute atomic E-state index is 13.2. The number of sulfonamides is 1. The normalized spacial score (nSPS) is 12.5. The Hall–Kier alpha value is -2.48. The maximum atomic E-state index is 13.2. The fourth-order valence-corrected chi connectivity index (χ4v) is 4.89. The van der Waals surface area contributed by atoms with Gasteiger partial charge in [0, 0.05) is 11.0 Å². The highest BCUT2D eigenvalue weighted by Gasteiger charge is 2.26. The van der Waals surface area contributed by atoms with Gasteiger partial charge in [0.15, 0.2) is 0 Å². The van der Waals surface area contributed by atoms with Crippen LogP contribution in [0.5, 0.6) is 0 Å². The third kappa shape index (κ3) is 6.50. The molecule has 0 spiro atoms. The highest BCUT2D eigenvalue weighted by Crippen LogP contribution is 2.18. The molecule has 0 bridgehead atoms. The first kappa shape index (κ1) is 23.2. The van der Waals surface area contributed by atoms with Gasteiger partial charge in [-0.3, -0.25) is 4.79 Å². The highest BCUT2D eigenvalue weighted by atomic mass is 79.9. The fraction of sp³-hybridized carbons (Fsp3) is 0.208. The summed E-state index contributed by atoms with van der Waals surface area (Å²) >= 11 is 3.40. The summed E-state index contributed by atoms with van der Waals surface area (Å²) in [5.41, 5.74) is 1.96. The summed E-state index contributed by atoms with van der Waals surface area (Å²) in [6, 6.07) is 25.3. The molecule has 0 aliphatic rings. The molecule has 1 amide bonds. The lowest BCUT2D eigenvalue weighted by Gasteiger charge is -2.23. The Morgan fingerprint density at radius 1 is 0.935 bits per heavy atom. The minimum absolute atomic E-state index is 0.178. The average Bonchev–Trinajstić information content (AvgIpc) is 2.78. The van der Waals surface area contributed by atoms with Gasteiger partial charge in [-0.05, 0) is 48.7 Å². The Morgan fingerprint density at radius 2 is 1.52 bits per heavy atom. The Kier molecular flexibility index (Phi) is 8.01. The minimum Gasteiger partial charge on any atom is -0.348 e. The summed E-state index contributed by atoms with van der Waals surface area (Å²) in [7, 11) is -3.81. The largest absolute Gasteiger partial charge is 0.348 e. The molecule has 3 rings (SSSR count). The van der Waals surface area contributed by atoms with Gasteiger partial charge in [0.05, 0.1) is 17.5 Å². The predicted octanol–water partition coefficient (Wildman–Crippen LogP) is 4.56. The van der Waals surface area contributed by atoms with Crippen LogP contribution in [0.25, 0.3) is 0 Å². The summed E-state index contributed by atoms with van der Waals surface area (Å²) < 4.78 is 28.6. The third-order valence-electron chi connectivity index (χ3n) is 4.94. The van der Waals surface area contributed by atoms with Crippen molar-refractivity contribution in [3.8, 4) is 0 Å². The van der Waals surface area contributed by atoms with Crippen molar-refractivity contribution in [2.45, 2.75) is 24.3 Å². The van der Waals surface area contributed by atoms with Crippen molar-refractivity contribution in [1.82, 2.24) is 9.62 Å². The summed E-state index contributed by atoms with van der Waals surface area (Å²) in [5, 5.41) is 2.91. The van der Waals surface area contributed by atoms with Gasteiger partial charge in [-0.2, -0.15) is 4.31 Å². The minimum atomic E-state index is -3.81. The monoisotopic (exact) mass is 500 g/mol. The zero-order chi connectivity index (χ0) is 22.3. The van der Waals surface area contributed by atoms with Gasteiger partial charge in [-0.15, -0.1) is 0 Å². The summed E-state index contributed by atoms with van der Waals surface area (Å²) in [6.07, 6.45) is 0.516.